The summed E-state index contributed by atoms with van der Waals surface area (Å²) in [4.78, 5) is 1.95. The van der Waals surface area contributed by atoms with Crippen molar-refractivity contribution in [3.63, 3.8) is 0 Å². The van der Waals surface area contributed by atoms with E-state index in [9.17, 15) is 13.2 Å². The van der Waals surface area contributed by atoms with Crippen LogP contribution >= 0.6 is 0 Å². The number of hydrogen-bond donors (Lipinski definition) is 1. The van der Waals surface area contributed by atoms with E-state index in [2.05, 4.69) is 0 Å². The van der Waals surface area contributed by atoms with E-state index in [0.29, 0.717) is 0 Å². The second kappa shape index (κ2) is 5.36. The Morgan fingerprint density at radius 1 is 1.25 bits per heavy atom. The van der Waals surface area contributed by atoms with Crippen LogP contribution in [0.25, 0.3) is 0 Å². The Balaban J connectivity index is 2.62. The van der Waals surface area contributed by atoms with Gasteiger partial charge in [0, 0.05) is 25.2 Å². The fourth-order valence-electron chi connectivity index (χ4n) is 2.40. The van der Waals surface area contributed by atoms with E-state index in [-0.39, 0.29) is 25.2 Å². The first-order valence-electron chi connectivity index (χ1n) is 5.88. The van der Waals surface area contributed by atoms with Crippen molar-refractivity contribution < 1.29 is 13.2 Å². The predicted molar refractivity (Wildman–Crippen MR) is 58.1 cm³/mol. The molecule has 0 radical (unpaired) electrons. The van der Waals surface area contributed by atoms with Crippen LogP contribution in [0.1, 0.15) is 33.1 Å². The lowest BCUT2D eigenvalue weighted by atomic mass is 9.95. The number of halogens is 3. The Morgan fingerprint density at radius 2 is 1.75 bits per heavy atom. The fraction of sp³-hybridized carbons (Fsp3) is 1.00. The molecule has 1 fully saturated rings. The number of nitrogens with zero attached hydrogens (tertiary/aromatic N) is 1. The van der Waals surface area contributed by atoms with Crippen molar-refractivity contribution in [2.24, 2.45) is 11.7 Å². The molecule has 0 amide bonds. The van der Waals surface area contributed by atoms with Gasteiger partial charge in [-0.2, -0.15) is 13.2 Å². The molecule has 0 aromatic heterocycles. The molecule has 3 atom stereocenters. The minimum atomic E-state index is -4.17. The average molecular weight is 238 g/mol. The second-order valence-electron chi connectivity index (χ2n) is 4.80. The zero-order valence-corrected chi connectivity index (χ0v) is 9.93. The van der Waals surface area contributed by atoms with Crippen molar-refractivity contribution in [1.82, 2.24) is 4.90 Å². The summed E-state index contributed by atoms with van der Waals surface area (Å²) < 4.78 is 37.9. The fourth-order valence-corrected chi connectivity index (χ4v) is 2.40. The van der Waals surface area contributed by atoms with Gasteiger partial charge in [0.05, 0.1) is 5.92 Å². The molecule has 3 unspecified atom stereocenters. The summed E-state index contributed by atoms with van der Waals surface area (Å²) in [5, 5.41) is 0. The average Bonchev–Trinajstić information content (AvgIpc) is 2.15. The van der Waals surface area contributed by atoms with Gasteiger partial charge < -0.3 is 5.73 Å². The molecule has 0 spiro atoms. The van der Waals surface area contributed by atoms with E-state index in [4.69, 9.17) is 5.73 Å². The second-order valence-corrected chi connectivity index (χ2v) is 4.80. The van der Waals surface area contributed by atoms with Crippen LogP contribution < -0.4 is 5.73 Å². The first-order chi connectivity index (χ1) is 7.36. The van der Waals surface area contributed by atoms with Gasteiger partial charge in [-0.15, -0.1) is 0 Å². The van der Waals surface area contributed by atoms with Gasteiger partial charge in [0.1, 0.15) is 0 Å². The van der Waals surface area contributed by atoms with Gasteiger partial charge in [-0.1, -0.05) is 6.42 Å². The highest BCUT2D eigenvalue weighted by Gasteiger charge is 2.41. The van der Waals surface area contributed by atoms with Crippen LogP contribution in [-0.4, -0.2) is 36.2 Å². The number of rotatable bonds is 3. The van der Waals surface area contributed by atoms with Gasteiger partial charge in [-0.05, 0) is 26.7 Å². The summed E-state index contributed by atoms with van der Waals surface area (Å²) in [6, 6.07) is 0.472. The molecule has 96 valence electrons. The molecule has 1 saturated heterocycles. The van der Waals surface area contributed by atoms with Crippen LogP contribution in [0.3, 0.4) is 0 Å². The van der Waals surface area contributed by atoms with E-state index in [1.54, 1.807) is 0 Å². The lowest BCUT2D eigenvalue weighted by Gasteiger charge is -2.41. The highest BCUT2D eigenvalue weighted by Crippen LogP contribution is 2.30. The predicted octanol–water partition coefficient (Wildman–Crippen LogP) is 2.39. The molecule has 0 aromatic carbocycles. The van der Waals surface area contributed by atoms with Crippen LogP contribution in [0.15, 0.2) is 0 Å². The van der Waals surface area contributed by atoms with Crippen LogP contribution in [0.5, 0.6) is 0 Å². The third-order valence-corrected chi connectivity index (χ3v) is 3.55. The van der Waals surface area contributed by atoms with Crippen LogP contribution in [-0.2, 0) is 0 Å². The number of hydrogen-bond acceptors (Lipinski definition) is 2. The number of nitrogens with two attached hydrogens (primary N) is 1. The number of alkyl halides is 3. The van der Waals surface area contributed by atoms with Gasteiger partial charge in [-0.3, -0.25) is 4.90 Å². The molecule has 1 rings (SSSR count). The van der Waals surface area contributed by atoms with Crippen LogP contribution in [0, 0.1) is 5.92 Å². The van der Waals surface area contributed by atoms with Gasteiger partial charge >= 0.3 is 6.18 Å². The topological polar surface area (TPSA) is 29.3 Å². The first-order valence-corrected chi connectivity index (χ1v) is 5.88. The smallest absolute Gasteiger partial charge is 0.330 e. The SMILES string of the molecule is CC1CCCC(C)N1CC(CN)C(F)(F)F. The Kier molecular flexibility index (Phi) is 4.62. The van der Waals surface area contributed by atoms with E-state index < -0.39 is 12.1 Å². The molecule has 1 aliphatic rings. The normalized spacial score (nSPS) is 30.4. The highest BCUT2D eigenvalue weighted by molar-refractivity contribution is 4.83. The van der Waals surface area contributed by atoms with Crippen molar-refractivity contribution in [2.45, 2.75) is 51.4 Å². The third-order valence-electron chi connectivity index (χ3n) is 3.55. The van der Waals surface area contributed by atoms with Crippen molar-refractivity contribution in [1.29, 1.82) is 0 Å². The van der Waals surface area contributed by atoms with E-state index >= 15 is 0 Å². The Hall–Kier alpha value is -0.290. The van der Waals surface area contributed by atoms with Crippen molar-refractivity contribution in [2.75, 3.05) is 13.1 Å². The minimum absolute atomic E-state index is 0.0440. The lowest BCUT2D eigenvalue weighted by Crippen LogP contribution is -2.49. The molecular formula is C11H21F3N2. The molecule has 0 aliphatic carbocycles. The zero-order valence-electron chi connectivity index (χ0n) is 9.93. The summed E-state index contributed by atoms with van der Waals surface area (Å²) in [5.74, 6) is -1.39. The van der Waals surface area contributed by atoms with Crippen LogP contribution in [0.4, 0.5) is 13.2 Å². The monoisotopic (exact) mass is 238 g/mol. The molecule has 1 heterocycles. The summed E-state index contributed by atoms with van der Waals surface area (Å²) in [6.07, 6.45) is -1.09. The van der Waals surface area contributed by atoms with Gasteiger partial charge in [-0.25, -0.2) is 0 Å². The van der Waals surface area contributed by atoms with Crippen LogP contribution in [0.2, 0.25) is 0 Å². The minimum Gasteiger partial charge on any atom is -0.330 e. The van der Waals surface area contributed by atoms with Gasteiger partial charge in [0.2, 0.25) is 0 Å². The lowest BCUT2D eigenvalue weighted by molar-refractivity contribution is -0.179. The number of piperidine rings is 1. The summed E-state index contributed by atoms with van der Waals surface area (Å²) in [7, 11) is 0. The maximum Gasteiger partial charge on any atom is 0.394 e. The molecule has 1 aliphatic heterocycles. The molecule has 2 nitrogen and oxygen atoms in total. The standard InChI is InChI=1S/C11H21F3N2/c1-8-4-3-5-9(2)16(8)7-10(6-15)11(12,13)14/h8-10H,3-7,15H2,1-2H3. The zero-order chi connectivity index (χ0) is 12.3. The van der Waals surface area contributed by atoms with Crippen molar-refractivity contribution >= 4 is 0 Å². The quantitative estimate of drug-likeness (QED) is 0.818. The summed E-state index contributed by atoms with van der Waals surface area (Å²) in [5.41, 5.74) is 5.22. The third kappa shape index (κ3) is 3.35. The first kappa shape index (κ1) is 13.8. The van der Waals surface area contributed by atoms with Crippen molar-refractivity contribution in [3.8, 4) is 0 Å². The molecule has 5 heteroatoms. The number of likely N-dealkylation sites (tertiary alicyclic amines) is 1. The van der Waals surface area contributed by atoms with E-state index in [0.717, 1.165) is 19.3 Å². The Labute approximate surface area is 95.0 Å². The van der Waals surface area contributed by atoms with E-state index in [1.165, 1.54) is 0 Å². The molecule has 2 N–H and O–H groups in total. The molecule has 0 bridgehead atoms. The van der Waals surface area contributed by atoms with Gasteiger partial charge in [0.25, 0.3) is 0 Å². The molecule has 16 heavy (non-hydrogen) atoms. The van der Waals surface area contributed by atoms with Gasteiger partial charge in [0.15, 0.2) is 0 Å². The van der Waals surface area contributed by atoms with Crippen molar-refractivity contribution in [3.05, 3.63) is 0 Å². The molecule has 0 saturated carbocycles. The largest absolute Gasteiger partial charge is 0.394 e. The Morgan fingerprint density at radius 3 is 2.12 bits per heavy atom. The summed E-state index contributed by atoms with van der Waals surface area (Å²) in [6.45, 7) is 3.72. The maximum atomic E-state index is 12.6. The summed E-state index contributed by atoms with van der Waals surface area (Å²) >= 11 is 0. The highest BCUT2D eigenvalue weighted by atomic mass is 19.4. The maximum absolute atomic E-state index is 12.6. The molecular weight excluding hydrogens is 217 g/mol. The Bertz CT molecular complexity index is 208. The molecule has 0 aromatic rings. The van der Waals surface area contributed by atoms with E-state index in [1.807, 2.05) is 18.7 Å².